The number of halogens is 1. The van der Waals surface area contributed by atoms with Gasteiger partial charge in [0.1, 0.15) is 6.54 Å². The Bertz CT molecular complexity index is 582. The van der Waals surface area contributed by atoms with Gasteiger partial charge in [0.2, 0.25) is 5.91 Å². The summed E-state index contributed by atoms with van der Waals surface area (Å²) in [6.45, 7) is 11.6. The van der Waals surface area contributed by atoms with Crippen molar-refractivity contribution in [2.45, 2.75) is 26.7 Å². The number of amides is 1. The lowest BCUT2D eigenvalue weighted by Gasteiger charge is -2.17. The molecule has 2 N–H and O–H groups in total. The molecule has 0 aromatic heterocycles. The second-order valence-electron chi connectivity index (χ2n) is 6.46. The van der Waals surface area contributed by atoms with Crippen LogP contribution < -0.4 is 10.6 Å². The summed E-state index contributed by atoms with van der Waals surface area (Å²) < 4.78 is 0. The van der Waals surface area contributed by atoms with Gasteiger partial charge in [0.05, 0.1) is 0 Å². The van der Waals surface area contributed by atoms with Gasteiger partial charge in [-0.15, -0.1) is 24.0 Å². The van der Waals surface area contributed by atoms with Gasteiger partial charge in [0.15, 0.2) is 5.96 Å². The third-order valence-corrected chi connectivity index (χ3v) is 3.65. The summed E-state index contributed by atoms with van der Waals surface area (Å²) in [5.41, 5.74) is 3.54. The van der Waals surface area contributed by atoms with Crippen LogP contribution >= 0.6 is 24.0 Å². The van der Waals surface area contributed by atoms with E-state index in [2.05, 4.69) is 60.3 Å². The Morgan fingerprint density at radius 1 is 1.24 bits per heavy atom. The van der Waals surface area contributed by atoms with Crippen LogP contribution in [0.3, 0.4) is 0 Å². The molecule has 0 aliphatic heterocycles. The second-order valence-corrected chi connectivity index (χ2v) is 6.46. The van der Waals surface area contributed by atoms with E-state index in [0.717, 1.165) is 12.1 Å². The SMILES string of the molecule is C=C(C)CNC(=NCC(=O)N(C)C)NCC(C)c1ccc(C)cc1.I. The zero-order valence-corrected chi connectivity index (χ0v) is 18.3. The summed E-state index contributed by atoms with van der Waals surface area (Å²) in [5.74, 6) is 0.942. The molecule has 0 saturated carbocycles. The number of hydrogen-bond donors (Lipinski definition) is 2. The minimum absolute atomic E-state index is 0. The van der Waals surface area contributed by atoms with Gasteiger partial charge in [-0.3, -0.25) is 4.79 Å². The molecule has 5 nitrogen and oxygen atoms in total. The highest BCUT2D eigenvalue weighted by molar-refractivity contribution is 14.0. The minimum atomic E-state index is -0.0296. The highest BCUT2D eigenvalue weighted by atomic mass is 127. The van der Waals surface area contributed by atoms with E-state index in [1.54, 1.807) is 14.1 Å². The highest BCUT2D eigenvalue weighted by Gasteiger charge is 2.08. The molecular weight excluding hydrogens is 427 g/mol. The number of aliphatic imine (C=N–C) groups is 1. The molecule has 1 amide bonds. The Balaban J connectivity index is 0.00000576. The number of guanidine groups is 1. The van der Waals surface area contributed by atoms with Gasteiger partial charge in [0.25, 0.3) is 0 Å². The normalized spacial score (nSPS) is 12.0. The Morgan fingerprint density at radius 3 is 2.36 bits per heavy atom. The number of likely N-dealkylation sites (N-methyl/N-ethyl adjacent to an activating group) is 1. The van der Waals surface area contributed by atoms with Gasteiger partial charge < -0.3 is 15.5 Å². The van der Waals surface area contributed by atoms with Crippen LogP contribution in [0, 0.1) is 6.92 Å². The fourth-order valence-electron chi connectivity index (χ4n) is 1.96. The Kier molecular flexibility index (Phi) is 11.1. The average Bonchev–Trinajstić information content (AvgIpc) is 2.53. The van der Waals surface area contributed by atoms with Crippen LogP contribution in [0.2, 0.25) is 0 Å². The van der Waals surface area contributed by atoms with E-state index in [1.807, 2.05) is 6.92 Å². The van der Waals surface area contributed by atoms with E-state index in [1.165, 1.54) is 16.0 Å². The summed E-state index contributed by atoms with van der Waals surface area (Å²) in [7, 11) is 3.46. The van der Waals surface area contributed by atoms with Crippen LogP contribution in [0.4, 0.5) is 0 Å². The lowest BCUT2D eigenvalue weighted by atomic mass is 10.0. The van der Waals surface area contributed by atoms with Crippen molar-refractivity contribution < 1.29 is 4.79 Å². The highest BCUT2D eigenvalue weighted by Crippen LogP contribution is 2.14. The molecule has 1 atom stereocenters. The second kappa shape index (κ2) is 11.9. The molecule has 1 aromatic carbocycles. The molecule has 0 bridgehead atoms. The maximum atomic E-state index is 11.7. The van der Waals surface area contributed by atoms with Crippen LogP contribution in [0.5, 0.6) is 0 Å². The molecule has 1 aromatic rings. The summed E-state index contributed by atoms with van der Waals surface area (Å²) in [6.07, 6.45) is 0. The molecule has 0 spiro atoms. The fraction of sp³-hybridized carbons (Fsp3) is 0.474. The van der Waals surface area contributed by atoms with Crippen molar-refractivity contribution >= 4 is 35.8 Å². The Morgan fingerprint density at radius 2 is 1.84 bits per heavy atom. The van der Waals surface area contributed by atoms with Crippen molar-refractivity contribution in [3.63, 3.8) is 0 Å². The molecule has 1 rings (SSSR count). The number of nitrogens with zero attached hydrogens (tertiary/aromatic N) is 2. The zero-order valence-electron chi connectivity index (χ0n) is 15.9. The predicted octanol–water partition coefficient (Wildman–Crippen LogP) is 2.92. The van der Waals surface area contributed by atoms with Crippen molar-refractivity contribution in [2.24, 2.45) is 4.99 Å². The third kappa shape index (κ3) is 9.48. The van der Waals surface area contributed by atoms with Crippen LogP contribution in [0.15, 0.2) is 41.4 Å². The van der Waals surface area contributed by atoms with E-state index in [0.29, 0.717) is 18.4 Å². The summed E-state index contributed by atoms with van der Waals surface area (Å²) in [4.78, 5) is 17.6. The molecule has 140 valence electrons. The van der Waals surface area contributed by atoms with Gasteiger partial charge in [0, 0.05) is 27.2 Å². The number of carbonyl (C=O) groups is 1. The molecule has 0 heterocycles. The smallest absolute Gasteiger partial charge is 0.243 e. The first-order valence-corrected chi connectivity index (χ1v) is 8.23. The fourth-order valence-corrected chi connectivity index (χ4v) is 1.96. The van der Waals surface area contributed by atoms with Crippen LogP contribution in [-0.4, -0.2) is 50.5 Å². The van der Waals surface area contributed by atoms with Crippen molar-refractivity contribution in [3.8, 4) is 0 Å². The van der Waals surface area contributed by atoms with Gasteiger partial charge in [-0.25, -0.2) is 4.99 Å². The standard InChI is InChI=1S/C19H30N4O.HI/c1-14(2)11-20-19(22-13-18(24)23(5)6)21-12-16(4)17-9-7-15(3)8-10-17;/h7-10,16H,1,11-13H2,2-6H3,(H2,20,21,22);1H. The summed E-state index contributed by atoms with van der Waals surface area (Å²) in [5, 5.41) is 6.51. The maximum Gasteiger partial charge on any atom is 0.243 e. The topological polar surface area (TPSA) is 56.7 Å². The zero-order chi connectivity index (χ0) is 18.1. The number of rotatable bonds is 7. The maximum absolute atomic E-state index is 11.7. The van der Waals surface area contributed by atoms with E-state index in [4.69, 9.17) is 0 Å². The van der Waals surface area contributed by atoms with Crippen LogP contribution in [-0.2, 0) is 4.79 Å². The molecule has 25 heavy (non-hydrogen) atoms. The predicted molar refractivity (Wildman–Crippen MR) is 117 cm³/mol. The molecule has 6 heteroatoms. The minimum Gasteiger partial charge on any atom is -0.356 e. The molecule has 0 fully saturated rings. The molecule has 0 saturated heterocycles. The molecule has 1 unspecified atom stereocenters. The summed E-state index contributed by atoms with van der Waals surface area (Å²) in [6, 6.07) is 8.54. The first-order chi connectivity index (χ1) is 11.3. The lowest BCUT2D eigenvalue weighted by Crippen LogP contribution is -2.40. The van der Waals surface area contributed by atoms with Crippen molar-refractivity contribution in [2.75, 3.05) is 33.7 Å². The van der Waals surface area contributed by atoms with Gasteiger partial charge in [-0.05, 0) is 25.3 Å². The van der Waals surface area contributed by atoms with E-state index < -0.39 is 0 Å². The molecule has 0 aliphatic carbocycles. The molecule has 0 radical (unpaired) electrons. The van der Waals surface area contributed by atoms with Crippen molar-refractivity contribution in [1.82, 2.24) is 15.5 Å². The lowest BCUT2D eigenvalue weighted by molar-refractivity contribution is -0.127. The van der Waals surface area contributed by atoms with E-state index >= 15 is 0 Å². The van der Waals surface area contributed by atoms with Crippen LogP contribution in [0.25, 0.3) is 0 Å². The first kappa shape index (κ1) is 23.4. The quantitative estimate of drug-likeness (QED) is 0.286. The number of aryl methyl sites for hydroxylation is 1. The molecular formula is C19H31IN4O. The first-order valence-electron chi connectivity index (χ1n) is 8.23. The largest absolute Gasteiger partial charge is 0.356 e. The van der Waals surface area contributed by atoms with Crippen molar-refractivity contribution in [3.05, 3.63) is 47.5 Å². The monoisotopic (exact) mass is 458 g/mol. The average molecular weight is 458 g/mol. The Hall–Kier alpha value is -1.57. The number of nitrogens with one attached hydrogen (secondary N) is 2. The van der Waals surface area contributed by atoms with E-state index in [9.17, 15) is 4.79 Å². The number of hydrogen-bond acceptors (Lipinski definition) is 2. The molecule has 0 aliphatic rings. The van der Waals surface area contributed by atoms with Gasteiger partial charge in [-0.1, -0.05) is 48.9 Å². The van der Waals surface area contributed by atoms with Crippen molar-refractivity contribution in [1.29, 1.82) is 0 Å². The Labute approximate surface area is 169 Å². The van der Waals surface area contributed by atoms with E-state index in [-0.39, 0.29) is 36.4 Å². The summed E-state index contributed by atoms with van der Waals surface area (Å²) >= 11 is 0. The third-order valence-electron chi connectivity index (χ3n) is 3.65. The number of benzene rings is 1. The number of carbonyl (C=O) groups excluding carboxylic acids is 1. The van der Waals surface area contributed by atoms with Crippen LogP contribution in [0.1, 0.15) is 30.9 Å². The van der Waals surface area contributed by atoms with Gasteiger partial charge in [-0.2, -0.15) is 0 Å². The van der Waals surface area contributed by atoms with Gasteiger partial charge >= 0.3 is 0 Å².